The van der Waals surface area contributed by atoms with Crippen molar-refractivity contribution in [3.05, 3.63) is 18.0 Å². The van der Waals surface area contributed by atoms with Gasteiger partial charge in [-0.15, -0.1) is 0 Å². The summed E-state index contributed by atoms with van der Waals surface area (Å²) in [5.74, 6) is 1.43. The van der Waals surface area contributed by atoms with Crippen molar-refractivity contribution in [1.82, 2.24) is 15.4 Å². The van der Waals surface area contributed by atoms with Gasteiger partial charge in [-0.25, -0.2) is 0 Å². The Balaban J connectivity index is 1.35. The largest absolute Gasteiger partial charge is 0.364 e. The van der Waals surface area contributed by atoms with Gasteiger partial charge in [0.15, 0.2) is 5.69 Å². The first-order chi connectivity index (χ1) is 9.81. The fraction of sp³-hybridized carbons (Fsp3) is 0.733. The fourth-order valence-corrected chi connectivity index (χ4v) is 3.07. The number of rotatable bonds is 5. The Labute approximate surface area is 119 Å². The van der Waals surface area contributed by atoms with E-state index in [4.69, 9.17) is 0 Å². The minimum atomic E-state index is -0.129. The van der Waals surface area contributed by atoms with Crippen LogP contribution in [-0.2, 0) is 0 Å². The molecular formula is C15H23N3O2. The molecule has 0 spiro atoms. The van der Waals surface area contributed by atoms with Crippen LogP contribution < -0.4 is 5.32 Å². The van der Waals surface area contributed by atoms with Crippen molar-refractivity contribution in [2.75, 3.05) is 26.2 Å². The molecule has 1 N–H and O–H groups in total. The van der Waals surface area contributed by atoms with Crippen molar-refractivity contribution in [2.24, 2.45) is 11.8 Å². The third-order valence-electron chi connectivity index (χ3n) is 4.67. The summed E-state index contributed by atoms with van der Waals surface area (Å²) in [7, 11) is 0. The lowest BCUT2D eigenvalue weighted by Gasteiger charge is -2.36. The van der Waals surface area contributed by atoms with E-state index >= 15 is 0 Å². The summed E-state index contributed by atoms with van der Waals surface area (Å²) in [5.41, 5.74) is 0.368. The molecule has 1 aromatic heterocycles. The SMILES string of the molecule is O=C(NCC1CCN(CC2CCC2)CC1)c1ccon1. The third-order valence-corrected chi connectivity index (χ3v) is 4.67. The molecule has 1 amide bonds. The maximum Gasteiger partial charge on any atom is 0.273 e. The second kappa shape index (κ2) is 6.39. The minimum absolute atomic E-state index is 0.129. The van der Waals surface area contributed by atoms with Crippen molar-refractivity contribution >= 4 is 5.91 Å². The summed E-state index contributed by atoms with van der Waals surface area (Å²) in [6, 6.07) is 1.59. The molecule has 1 saturated carbocycles. The highest BCUT2D eigenvalue weighted by atomic mass is 16.5. The topological polar surface area (TPSA) is 58.4 Å². The standard InChI is InChI=1S/C15H23N3O2/c19-15(14-6-9-20-17-14)16-10-12-4-7-18(8-5-12)11-13-2-1-3-13/h6,9,12-13H,1-5,7-8,10-11H2,(H,16,19). The monoisotopic (exact) mass is 277 g/mol. The van der Waals surface area contributed by atoms with Crippen LogP contribution in [0.25, 0.3) is 0 Å². The predicted octanol–water partition coefficient (Wildman–Crippen LogP) is 1.92. The number of likely N-dealkylation sites (tertiary alicyclic amines) is 1. The lowest BCUT2D eigenvalue weighted by Crippen LogP contribution is -2.41. The normalized spacial score (nSPS) is 21.6. The molecule has 20 heavy (non-hydrogen) atoms. The quantitative estimate of drug-likeness (QED) is 0.893. The molecule has 1 aliphatic carbocycles. The van der Waals surface area contributed by atoms with Crippen LogP contribution in [0, 0.1) is 11.8 Å². The molecule has 1 saturated heterocycles. The molecule has 3 rings (SSSR count). The Morgan fingerprint density at radius 2 is 2.10 bits per heavy atom. The van der Waals surface area contributed by atoms with Crippen molar-refractivity contribution in [1.29, 1.82) is 0 Å². The Hall–Kier alpha value is -1.36. The number of nitrogens with one attached hydrogen (secondary N) is 1. The fourth-order valence-electron chi connectivity index (χ4n) is 3.07. The lowest BCUT2D eigenvalue weighted by atomic mass is 9.84. The minimum Gasteiger partial charge on any atom is -0.364 e. The number of hydrogen-bond donors (Lipinski definition) is 1. The summed E-state index contributed by atoms with van der Waals surface area (Å²) in [6.07, 6.45) is 8.07. The van der Waals surface area contributed by atoms with Crippen LogP contribution in [0.15, 0.2) is 16.9 Å². The van der Waals surface area contributed by atoms with E-state index in [1.165, 1.54) is 58.0 Å². The van der Waals surface area contributed by atoms with Crippen LogP contribution >= 0.6 is 0 Å². The summed E-state index contributed by atoms with van der Waals surface area (Å²) >= 11 is 0. The van der Waals surface area contributed by atoms with Gasteiger partial charge in [0, 0.05) is 19.2 Å². The van der Waals surface area contributed by atoms with Crippen LogP contribution in [0.1, 0.15) is 42.6 Å². The lowest BCUT2D eigenvalue weighted by molar-refractivity contribution is 0.0918. The number of amides is 1. The number of hydrogen-bond acceptors (Lipinski definition) is 4. The first-order valence-electron chi connectivity index (χ1n) is 7.72. The second-order valence-electron chi connectivity index (χ2n) is 6.14. The smallest absolute Gasteiger partial charge is 0.273 e. The molecule has 2 fully saturated rings. The Morgan fingerprint density at radius 3 is 2.70 bits per heavy atom. The number of aromatic nitrogens is 1. The maximum atomic E-state index is 11.8. The van der Waals surface area contributed by atoms with Crippen molar-refractivity contribution in [3.63, 3.8) is 0 Å². The molecule has 0 unspecified atom stereocenters. The highest BCUT2D eigenvalue weighted by Crippen LogP contribution is 2.28. The van der Waals surface area contributed by atoms with Crippen LogP contribution in [0.3, 0.4) is 0 Å². The highest BCUT2D eigenvalue weighted by Gasteiger charge is 2.24. The zero-order chi connectivity index (χ0) is 13.8. The van der Waals surface area contributed by atoms with Crippen molar-refractivity contribution in [3.8, 4) is 0 Å². The van der Waals surface area contributed by atoms with Gasteiger partial charge in [-0.2, -0.15) is 0 Å². The van der Waals surface area contributed by atoms with E-state index in [1.54, 1.807) is 6.07 Å². The molecule has 0 bridgehead atoms. The van der Waals surface area contributed by atoms with Gasteiger partial charge >= 0.3 is 0 Å². The van der Waals surface area contributed by atoms with Gasteiger partial charge in [-0.1, -0.05) is 11.6 Å². The van der Waals surface area contributed by atoms with Gasteiger partial charge in [0.25, 0.3) is 5.91 Å². The molecule has 5 nitrogen and oxygen atoms in total. The van der Waals surface area contributed by atoms with E-state index in [0.717, 1.165) is 12.5 Å². The van der Waals surface area contributed by atoms with E-state index in [0.29, 0.717) is 11.6 Å². The number of carbonyl (C=O) groups excluding carboxylic acids is 1. The Morgan fingerprint density at radius 1 is 1.30 bits per heavy atom. The summed E-state index contributed by atoms with van der Waals surface area (Å²) in [6.45, 7) is 4.41. The second-order valence-corrected chi connectivity index (χ2v) is 6.14. The number of piperidine rings is 1. The third kappa shape index (κ3) is 3.39. The summed E-state index contributed by atoms with van der Waals surface area (Å²) in [4.78, 5) is 14.4. The van der Waals surface area contributed by atoms with E-state index in [9.17, 15) is 4.79 Å². The first kappa shape index (κ1) is 13.6. The van der Waals surface area contributed by atoms with Gasteiger partial charge in [0.2, 0.25) is 0 Å². The molecule has 2 heterocycles. The van der Waals surface area contributed by atoms with Crippen LogP contribution in [0.5, 0.6) is 0 Å². The van der Waals surface area contributed by atoms with Gasteiger partial charge in [0.1, 0.15) is 6.26 Å². The Bertz CT molecular complexity index is 420. The summed E-state index contributed by atoms with van der Waals surface area (Å²) < 4.78 is 4.68. The van der Waals surface area contributed by atoms with Crippen molar-refractivity contribution in [2.45, 2.75) is 32.1 Å². The molecule has 0 atom stereocenters. The van der Waals surface area contributed by atoms with E-state index in [2.05, 4.69) is 19.9 Å². The molecule has 1 aliphatic heterocycles. The molecule has 1 aromatic rings. The molecule has 0 aromatic carbocycles. The average molecular weight is 277 g/mol. The summed E-state index contributed by atoms with van der Waals surface area (Å²) in [5, 5.41) is 6.60. The van der Waals surface area contributed by atoms with Gasteiger partial charge in [-0.3, -0.25) is 4.79 Å². The number of nitrogens with zero attached hydrogens (tertiary/aromatic N) is 2. The van der Waals surface area contributed by atoms with Crippen LogP contribution in [0.2, 0.25) is 0 Å². The molecular weight excluding hydrogens is 254 g/mol. The van der Waals surface area contributed by atoms with E-state index < -0.39 is 0 Å². The zero-order valence-corrected chi connectivity index (χ0v) is 11.9. The predicted molar refractivity (Wildman–Crippen MR) is 75.3 cm³/mol. The van der Waals surface area contributed by atoms with E-state index in [1.807, 2.05) is 0 Å². The average Bonchev–Trinajstić information content (AvgIpc) is 2.96. The van der Waals surface area contributed by atoms with Gasteiger partial charge < -0.3 is 14.7 Å². The highest BCUT2D eigenvalue weighted by molar-refractivity contribution is 5.91. The molecule has 2 aliphatic rings. The van der Waals surface area contributed by atoms with Crippen molar-refractivity contribution < 1.29 is 9.32 Å². The molecule has 5 heteroatoms. The Kier molecular flexibility index (Phi) is 4.35. The van der Waals surface area contributed by atoms with Crippen LogP contribution in [0.4, 0.5) is 0 Å². The zero-order valence-electron chi connectivity index (χ0n) is 11.9. The van der Waals surface area contributed by atoms with Gasteiger partial charge in [0.05, 0.1) is 0 Å². The first-order valence-corrected chi connectivity index (χ1v) is 7.72. The van der Waals surface area contributed by atoms with Crippen LogP contribution in [-0.4, -0.2) is 42.1 Å². The number of carbonyl (C=O) groups is 1. The maximum absolute atomic E-state index is 11.8. The van der Waals surface area contributed by atoms with Gasteiger partial charge in [-0.05, 0) is 50.6 Å². The van der Waals surface area contributed by atoms with E-state index in [-0.39, 0.29) is 5.91 Å². The molecule has 0 radical (unpaired) electrons. The molecule has 110 valence electrons.